The fraction of sp³-hybridized carbons (Fsp3) is 0.222. The van der Waals surface area contributed by atoms with E-state index in [1.54, 1.807) is 6.07 Å². The topological polar surface area (TPSA) is 67.4 Å². The molecule has 0 spiro atoms. The first-order valence-electron chi connectivity index (χ1n) is 7.51. The predicted octanol–water partition coefficient (Wildman–Crippen LogP) is 2.29. The van der Waals surface area contributed by atoms with Gasteiger partial charge in [0.05, 0.1) is 6.42 Å². The Kier molecular flexibility index (Phi) is 5.89. The van der Waals surface area contributed by atoms with Crippen LogP contribution in [0.2, 0.25) is 0 Å². The van der Waals surface area contributed by atoms with Crippen LogP contribution in [-0.2, 0) is 16.0 Å². The standard InChI is InChI=1S/C18H19FN2O3/c1-12-7-9-14(10-8-12)11-17(22)20-21-18(23)13(2)24-16-6-4-3-5-15(16)19/h3-10,13H,11H2,1-2H3,(H,20,22)(H,21,23)/t13-/m0/s1. The molecule has 0 aromatic heterocycles. The van der Waals surface area contributed by atoms with Crippen molar-refractivity contribution in [3.05, 3.63) is 65.5 Å². The highest BCUT2D eigenvalue weighted by molar-refractivity contribution is 5.85. The smallest absolute Gasteiger partial charge is 0.279 e. The number of hydrogen-bond donors (Lipinski definition) is 2. The average Bonchev–Trinajstić information content (AvgIpc) is 2.56. The molecule has 0 aliphatic rings. The van der Waals surface area contributed by atoms with Gasteiger partial charge in [-0.2, -0.15) is 0 Å². The Morgan fingerprint density at radius 2 is 1.75 bits per heavy atom. The molecular weight excluding hydrogens is 311 g/mol. The van der Waals surface area contributed by atoms with Gasteiger partial charge in [-0.3, -0.25) is 20.4 Å². The number of hydrogen-bond acceptors (Lipinski definition) is 3. The van der Waals surface area contributed by atoms with Crippen molar-refractivity contribution in [2.75, 3.05) is 0 Å². The van der Waals surface area contributed by atoms with E-state index in [0.29, 0.717) is 0 Å². The molecular formula is C18H19FN2O3. The van der Waals surface area contributed by atoms with E-state index in [4.69, 9.17) is 4.74 Å². The van der Waals surface area contributed by atoms with E-state index >= 15 is 0 Å². The minimum atomic E-state index is -0.957. The number of nitrogens with one attached hydrogen (secondary N) is 2. The molecule has 0 aliphatic carbocycles. The fourth-order valence-corrected chi connectivity index (χ4v) is 1.95. The van der Waals surface area contributed by atoms with Crippen molar-refractivity contribution >= 4 is 11.8 Å². The first-order valence-corrected chi connectivity index (χ1v) is 7.51. The summed E-state index contributed by atoms with van der Waals surface area (Å²) < 4.78 is 18.7. The van der Waals surface area contributed by atoms with Gasteiger partial charge in [0.1, 0.15) is 0 Å². The summed E-state index contributed by atoms with van der Waals surface area (Å²) in [6.45, 7) is 3.43. The third kappa shape index (κ3) is 5.08. The number of aryl methyl sites for hydroxylation is 1. The first kappa shape index (κ1) is 17.5. The van der Waals surface area contributed by atoms with E-state index in [1.807, 2.05) is 31.2 Å². The molecule has 0 heterocycles. The SMILES string of the molecule is Cc1ccc(CC(=O)NNC(=O)[C@H](C)Oc2ccccc2F)cc1. The number of ether oxygens (including phenoxy) is 1. The van der Waals surface area contributed by atoms with E-state index in [9.17, 15) is 14.0 Å². The Morgan fingerprint density at radius 1 is 1.08 bits per heavy atom. The number of carbonyl (C=O) groups excluding carboxylic acids is 2. The molecule has 2 N–H and O–H groups in total. The Bertz CT molecular complexity index is 716. The summed E-state index contributed by atoms with van der Waals surface area (Å²) in [6, 6.07) is 13.3. The molecule has 2 rings (SSSR count). The minimum Gasteiger partial charge on any atom is -0.478 e. The lowest BCUT2D eigenvalue weighted by Crippen LogP contribution is -2.47. The molecule has 2 aromatic rings. The highest BCUT2D eigenvalue weighted by atomic mass is 19.1. The van der Waals surface area contributed by atoms with Gasteiger partial charge < -0.3 is 4.74 Å². The number of hydrazine groups is 1. The predicted molar refractivity (Wildman–Crippen MR) is 87.7 cm³/mol. The van der Waals surface area contributed by atoms with Crippen molar-refractivity contribution in [1.82, 2.24) is 10.9 Å². The fourth-order valence-electron chi connectivity index (χ4n) is 1.95. The van der Waals surface area contributed by atoms with Crippen molar-refractivity contribution in [2.24, 2.45) is 0 Å². The second-order valence-corrected chi connectivity index (χ2v) is 5.39. The molecule has 2 amide bonds. The largest absolute Gasteiger partial charge is 0.478 e. The molecule has 0 fully saturated rings. The summed E-state index contributed by atoms with van der Waals surface area (Å²) in [5.41, 5.74) is 6.52. The van der Waals surface area contributed by atoms with Gasteiger partial charge in [-0.15, -0.1) is 0 Å². The van der Waals surface area contributed by atoms with Crippen molar-refractivity contribution < 1.29 is 18.7 Å². The number of carbonyl (C=O) groups is 2. The normalized spacial score (nSPS) is 11.5. The van der Waals surface area contributed by atoms with Crippen LogP contribution in [0.4, 0.5) is 4.39 Å². The number of para-hydroxylation sites is 1. The second-order valence-electron chi connectivity index (χ2n) is 5.39. The summed E-state index contributed by atoms with van der Waals surface area (Å²) in [4.78, 5) is 23.7. The molecule has 5 nitrogen and oxygen atoms in total. The van der Waals surface area contributed by atoms with Gasteiger partial charge in [0.15, 0.2) is 17.7 Å². The van der Waals surface area contributed by atoms with E-state index in [-0.39, 0.29) is 18.1 Å². The van der Waals surface area contributed by atoms with Gasteiger partial charge in [0.25, 0.3) is 5.91 Å². The molecule has 0 unspecified atom stereocenters. The average molecular weight is 330 g/mol. The Hall–Kier alpha value is -2.89. The molecule has 1 atom stereocenters. The summed E-state index contributed by atoms with van der Waals surface area (Å²) >= 11 is 0. The van der Waals surface area contributed by atoms with Gasteiger partial charge in [-0.25, -0.2) is 4.39 Å². The monoisotopic (exact) mass is 330 g/mol. The summed E-state index contributed by atoms with van der Waals surface area (Å²) in [5.74, 6) is -1.51. The van der Waals surface area contributed by atoms with Crippen LogP contribution in [0.5, 0.6) is 5.75 Å². The summed E-state index contributed by atoms with van der Waals surface area (Å²) in [5, 5.41) is 0. The van der Waals surface area contributed by atoms with Crippen LogP contribution >= 0.6 is 0 Å². The molecule has 0 radical (unpaired) electrons. The molecule has 6 heteroatoms. The zero-order valence-corrected chi connectivity index (χ0v) is 13.5. The molecule has 126 valence electrons. The third-order valence-electron chi connectivity index (χ3n) is 3.32. The van der Waals surface area contributed by atoms with Crippen molar-refractivity contribution in [2.45, 2.75) is 26.4 Å². The zero-order valence-electron chi connectivity index (χ0n) is 13.5. The van der Waals surface area contributed by atoms with Crippen LogP contribution in [0.25, 0.3) is 0 Å². The van der Waals surface area contributed by atoms with Crippen molar-refractivity contribution in [1.29, 1.82) is 0 Å². The second kappa shape index (κ2) is 8.10. The molecule has 0 bridgehead atoms. The van der Waals surface area contributed by atoms with Crippen LogP contribution in [0.15, 0.2) is 48.5 Å². The van der Waals surface area contributed by atoms with Gasteiger partial charge >= 0.3 is 0 Å². The van der Waals surface area contributed by atoms with E-state index in [0.717, 1.165) is 11.1 Å². The van der Waals surface area contributed by atoms with Crippen molar-refractivity contribution in [3.8, 4) is 5.75 Å². The van der Waals surface area contributed by atoms with Gasteiger partial charge in [0, 0.05) is 0 Å². The summed E-state index contributed by atoms with van der Waals surface area (Å²) in [7, 11) is 0. The van der Waals surface area contributed by atoms with Crippen LogP contribution in [0.3, 0.4) is 0 Å². The Labute approximate surface area is 139 Å². The van der Waals surface area contributed by atoms with Crippen molar-refractivity contribution in [3.63, 3.8) is 0 Å². The third-order valence-corrected chi connectivity index (χ3v) is 3.32. The molecule has 24 heavy (non-hydrogen) atoms. The minimum absolute atomic E-state index is 0.0221. The number of amides is 2. The van der Waals surface area contributed by atoms with E-state index < -0.39 is 17.8 Å². The molecule has 2 aromatic carbocycles. The molecule has 0 saturated heterocycles. The number of benzene rings is 2. The van der Waals surface area contributed by atoms with Crippen LogP contribution in [0.1, 0.15) is 18.1 Å². The Morgan fingerprint density at radius 3 is 2.42 bits per heavy atom. The van der Waals surface area contributed by atoms with E-state index in [2.05, 4.69) is 10.9 Å². The van der Waals surface area contributed by atoms with Crippen LogP contribution in [0, 0.1) is 12.7 Å². The Balaban J connectivity index is 1.80. The van der Waals surface area contributed by atoms with Gasteiger partial charge in [-0.05, 0) is 31.5 Å². The van der Waals surface area contributed by atoms with E-state index in [1.165, 1.54) is 25.1 Å². The molecule has 0 aliphatic heterocycles. The maximum Gasteiger partial charge on any atom is 0.279 e. The quantitative estimate of drug-likeness (QED) is 0.827. The highest BCUT2D eigenvalue weighted by Gasteiger charge is 2.17. The van der Waals surface area contributed by atoms with Crippen LogP contribution < -0.4 is 15.6 Å². The number of halogens is 1. The van der Waals surface area contributed by atoms with Gasteiger partial charge in [-0.1, -0.05) is 42.0 Å². The van der Waals surface area contributed by atoms with Gasteiger partial charge in [0.2, 0.25) is 5.91 Å². The summed E-state index contributed by atoms with van der Waals surface area (Å²) in [6.07, 6.45) is -0.815. The molecule has 0 saturated carbocycles. The first-order chi connectivity index (χ1) is 11.5. The maximum atomic E-state index is 13.5. The lowest BCUT2D eigenvalue weighted by molar-refractivity contribution is -0.132. The van der Waals surface area contributed by atoms with Crippen LogP contribution in [-0.4, -0.2) is 17.9 Å². The zero-order chi connectivity index (χ0) is 17.5. The highest BCUT2D eigenvalue weighted by Crippen LogP contribution is 2.16. The lowest BCUT2D eigenvalue weighted by Gasteiger charge is -2.15. The number of rotatable bonds is 5. The lowest BCUT2D eigenvalue weighted by atomic mass is 10.1. The maximum absolute atomic E-state index is 13.5.